The Kier molecular flexibility index (Phi) is 3.24. The SMILES string of the molecule is Nc1ccc(-n2c3ccc(Br)cc3c3cc(Br)ccc32)cc1. The molecule has 2 N–H and O–H groups in total. The molecule has 4 aromatic rings. The zero-order chi connectivity index (χ0) is 15.3. The van der Waals surface area contributed by atoms with Gasteiger partial charge in [0, 0.05) is 31.1 Å². The molecule has 0 saturated carbocycles. The first-order chi connectivity index (χ1) is 10.6. The van der Waals surface area contributed by atoms with Gasteiger partial charge in [-0.3, -0.25) is 0 Å². The number of halogens is 2. The minimum Gasteiger partial charge on any atom is -0.399 e. The van der Waals surface area contributed by atoms with E-state index in [1.54, 1.807) is 0 Å². The fraction of sp³-hybridized carbons (Fsp3) is 0. The second kappa shape index (κ2) is 5.14. The Labute approximate surface area is 144 Å². The molecule has 0 aliphatic heterocycles. The van der Waals surface area contributed by atoms with Gasteiger partial charge in [-0.25, -0.2) is 0 Å². The Balaban J connectivity index is 2.17. The van der Waals surface area contributed by atoms with Crippen molar-refractivity contribution in [3.63, 3.8) is 0 Å². The first kappa shape index (κ1) is 13.9. The van der Waals surface area contributed by atoms with E-state index in [-0.39, 0.29) is 0 Å². The quantitative estimate of drug-likeness (QED) is 0.386. The van der Waals surface area contributed by atoms with Crippen molar-refractivity contribution in [2.75, 3.05) is 5.73 Å². The van der Waals surface area contributed by atoms with E-state index in [4.69, 9.17) is 5.73 Å². The summed E-state index contributed by atoms with van der Waals surface area (Å²) in [5.41, 5.74) is 10.1. The van der Waals surface area contributed by atoms with Gasteiger partial charge in [-0.05, 0) is 60.7 Å². The molecular formula is C18H12Br2N2. The summed E-state index contributed by atoms with van der Waals surface area (Å²) in [6.45, 7) is 0. The highest BCUT2D eigenvalue weighted by molar-refractivity contribution is 9.10. The molecule has 0 amide bonds. The molecule has 0 radical (unpaired) electrons. The van der Waals surface area contributed by atoms with E-state index < -0.39 is 0 Å². The Bertz CT molecular complexity index is 942. The molecule has 0 aliphatic rings. The van der Waals surface area contributed by atoms with E-state index in [0.717, 1.165) is 20.3 Å². The van der Waals surface area contributed by atoms with Crippen molar-refractivity contribution in [1.29, 1.82) is 0 Å². The average molecular weight is 416 g/mol. The third kappa shape index (κ3) is 2.14. The molecule has 0 spiro atoms. The van der Waals surface area contributed by atoms with Crippen molar-refractivity contribution < 1.29 is 0 Å². The average Bonchev–Trinajstić information content (AvgIpc) is 2.81. The molecule has 0 fully saturated rings. The number of aromatic nitrogens is 1. The van der Waals surface area contributed by atoms with Gasteiger partial charge in [-0.15, -0.1) is 0 Å². The van der Waals surface area contributed by atoms with Gasteiger partial charge in [-0.1, -0.05) is 31.9 Å². The molecule has 0 saturated heterocycles. The maximum atomic E-state index is 5.82. The molecule has 4 heteroatoms. The minimum atomic E-state index is 0.773. The number of anilines is 1. The maximum Gasteiger partial charge on any atom is 0.0541 e. The van der Waals surface area contributed by atoms with E-state index in [1.807, 2.05) is 12.1 Å². The van der Waals surface area contributed by atoms with Crippen LogP contribution in [0.4, 0.5) is 5.69 Å². The lowest BCUT2D eigenvalue weighted by Gasteiger charge is -2.08. The van der Waals surface area contributed by atoms with Gasteiger partial charge in [0.25, 0.3) is 0 Å². The predicted molar refractivity (Wildman–Crippen MR) is 101 cm³/mol. The van der Waals surface area contributed by atoms with Crippen LogP contribution >= 0.6 is 31.9 Å². The van der Waals surface area contributed by atoms with Crippen molar-refractivity contribution in [2.24, 2.45) is 0 Å². The smallest absolute Gasteiger partial charge is 0.0541 e. The van der Waals surface area contributed by atoms with Gasteiger partial charge in [0.2, 0.25) is 0 Å². The van der Waals surface area contributed by atoms with Crippen molar-refractivity contribution in [2.45, 2.75) is 0 Å². The molecular weight excluding hydrogens is 404 g/mol. The third-order valence-electron chi connectivity index (χ3n) is 3.84. The molecule has 1 heterocycles. The number of nitrogens with two attached hydrogens (primary N) is 1. The summed E-state index contributed by atoms with van der Waals surface area (Å²) in [7, 11) is 0. The molecule has 0 atom stereocenters. The van der Waals surface area contributed by atoms with Gasteiger partial charge in [0.1, 0.15) is 0 Å². The Morgan fingerprint density at radius 2 is 1.18 bits per heavy atom. The van der Waals surface area contributed by atoms with Gasteiger partial charge >= 0.3 is 0 Å². The Morgan fingerprint density at radius 1 is 0.682 bits per heavy atom. The number of nitrogen functional groups attached to an aromatic ring is 1. The Hall–Kier alpha value is -1.78. The molecule has 2 nitrogen and oxygen atoms in total. The summed E-state index contributed by atoms with van der Waals surface area (Å²) in [5, 5.41) is 2.45. The fourth-order valence-corrected chi connectivity index (χ4v) is 3.59. The minimum absolute atomic E-state index is 0.773. The molecule has 0 bridgehead atoms. The van der Waals surface area contributed by atoms with Gasteiger partial charge in [-0.2, -0.15) is 0 Å². The Morgan fingerprint density at radius 3 is 1.68 bits per heavy atom. The zero-order valence-corrected chi connectivity index (χ0v) is 14.7. The number of hydrogen-bond acceptors (Lipinski definition) is 1. The van der Waals surface area contributed by atoms with Crippen molar-refractivity contribution in [1.82, 2.24) is 4.57 Å². The number of hydrogen-bond donors (Lipinski definition) is 1. The first-order valence-electron chi connectivity index (χ1n) is 6.88. The second-order valence-corrected chi connectivity index (χ2v) is 7.08. The number of fused-ring (bicyclic) bond motifs is 3. The van der Waals surface area contributed by atoms with E-state index >= 15 is 0 Å². The summed E-state index contributed by atoms with van der Waals surface area (Å²) in [6.07, 6.45) is 0. The molecule has 4 rings (SSSR count). The van der Waals surface area contributed by atoms with Crippen molar-refractivity contribution in [3.8, 4) is 5.69 Å². The standard InChI is InChI=1S/C18H12Br2N2/c19-11-1-7-17-15(9-11)16-10-12(20)2-8-18(16)22(17)14-5-3-13(21)4-6-14/h1-10H,21H2. The van der Waals surface area contributed by atoms with Crippen molar-refractivity contribution in [3.05, 3.63) is 69.6 Å². The van der Waals surface area contributed by atoms with Gasteiger partial charge in [0.15, 0.2) is 0 Å². The normalized spacial score (nSPS) is 11.4. The maximum absolute atomic E-state index is 5.82. The van der Waals surface area contributed by atoms with E-state index in [2.05, 4.69) is 85.0 Å². The number of rotatable bonds is 1. The summed E-state index contributed by atoms with van der Waals surface area (Å²) < 4.78 is 4.43. The largest absolute Gasteiger partial charge is 0.399 e. The monoisotopic (exact) mass is 414 g/mol. The molecule has 22 heavy (non-hydrogen) atoms. The highest BCUT2D eigenvalue weighted by Gasteiger charge is 2.12. The molecule has 108 valence electrons. The van der Waals surface area contributed by atoms with Gasteiger partial charge < -0.3 is 10.3 Å². The van der Waals surface area contributed by atoms with E-state index in [0.29, 0.717) is 0 Å². The van der Waals surface area contributed by atoms with Crippen LogP contribution in [0.2, 0.25) is 0 Å². The van der Waals surface area contributed by atoms with Crippen LogP contribution in [0.25, 0.3) is 27.5 Å². The summed E-state index contributed by atoms with van der Waals surface area (Å²) >= 11 is 7.15. The molecule has 0 aliphatic carbocycles. The third-order valence-corrected chi connectivity index (χ3v) is 4.83. The summed E-state index contributed by atoms with van der Waals surface area (Å²) in [5.74, 6) is 0. The predicted octanol–water partition coefficient (Wildman–Crippen LogP) is 5.89. The lowest BCUT2D eigenvalue weighted by atomic mass is 10.2. The number of benzene rings is 3. The summed E-state index contributed by atoms with van der Waals surface area (Å²) in [6, 6.07) is 20.7. The van der Waals surface area contributed by atoms with Crippen LogP contribution in [0.3, 0.4) is 0 Å². The van der Waals surface area contributed by atoms with Crippen LogP contribution < -0.4 is 5.73 Å². The van der Waals surface area contributed by atoms with Crippen LogP contribution in [-0.2, 0) is 0 Å². The fourth-order valence-electron chi connectivity index (χ4n) is 2.87. The van der Waals surface area contributed by atoms with Gasteiger partial charge in [0.05, 0.1) is 11.0 Å². The van der Waals surface area contributed by atoms with Crippen LogP contribution in [0.15, 0.2) is 69.6 Å². The molecule has 3 aromatic carbocycles. The van der Waals surface area contributed by atoms with E-state index in [9.17, 15) is 0 Å². The second-order valence-electron chi connectivity index (χ2n) is 5.25. The van der Waals surface area contributed by atoms with Crippen LogP contribution in [-0.4, -0.2) is 4.57 Å². The van der Waals surface area contributed by atoms with Crippen LogP contribution in [0.5, 0.6) is 0 Å². The lowest BCUT2D eigenvalue weighted by molar-refractivity contribution is 1.18. The number of nitrogens with zero attached hydrogens (tertiary/aromatic N) is 1. The first-order valence-corrected chi connectivity index (χ1v) is 8.47. The van der Waals surface area contributed by atoms with Crippen LogP contribution in [0, 0.1) is 0 Å². The van der Waals surface area contributed by atoms with E-state index in [1.165, 1.54) is 21.8 Å². The zero-order valence-electron chi connectivity index (χ0n) is 11.6. The lowest BCUT2D eigenvalue weighted by Crippen LogP contribution is -1.94. The highest BCUT2D eigenvalue weighted by Crippen LogP contribution is 2.35. The molecule has 0 unspecified atom stereocenters. The summed E-state index contributed by atoms with van der Waals surface area (Å²) in [4.78, 5) is 0. The van der Waals surface area contributed by atoms with Crippen LogP contribution in [0.1, 0.15) is 0 Å². The van der Waals surface area contributed by atoms with Crippen molar-refractivity contribution >= 4 is 59.4 Å². The highest BCUT2D eigenvalue weighted by atomic mass is 79.9. The molecule has 1 aromatic heterocycles. The topological polar surface area (TPSA) is 30.9 Å².